The Morgan fingerprint density at radius 2 is 2.19 bits per heavy atom. The minimum absolute atomic E-state index is 0.184. The number of benzene rings is 1. The van der Waals surface area contributed by atoms with Crippen LogP contribution in [-0.2, 0) is 0 Å². The molecule has 0 fully saturated rings. The molecule has 0 atom stereocenters. The molecule has 0 saturated carbocycles. The number of nitrogens with zero attached hydrogens (tertiary/aromatic N) is 1. The lowest BCUT2D eigenvalue weighted by molar-refractivity contribution is 0.0929. The predicted octanol–water partition coefficient (Wildman–Crippen LogP) is 2.62. The molecule has 0 aliphatic rings. The molecule has 3 nitrogen and oxygen atoms in total. The van der Waals surface area contributed by atoms with Crippen molar-refractivity contribution in [3.63, 3.8) is 0 Å². The number of nitrogens with one attached hydrogen (secondary N) is 1. The van der Waals surface area contributed by atoms with E-state index in [4.69, 9.17) is 5.26 Å². The van der Waals surface area contributed by atoms with Crippen LogP contribution in [0.3, 0.4) is 0 Å². The summed E-state index contributed by atoms with van der Waals surface area (Å²) in [6.45, 7) is 3.14. The first kappa shape index (κ1) is 12.7. The number of hydrogen-bond donors (Lipinski definition) is 1. The van der Waals surface area contributed by atoms with Gasteiger partial charge in [0, 0.05) is 5.56 Å². The molecule has 84 valence electrons. The van der Waals surface area contributed by atoms with E-state index in [0.717, 1.165) is 6.07 Å². The van der Waals surface area contributed by atoms with Crippen LogP contribution in [0.4, 0.5) is 4.39 Å². The number of amides is 1. The average Bonchev–Trinajstić information content (AvgIpc) is 2.21. The normalized spacial score (nSPS) is 10.7. The molecule has 0 heterocycles. The smallest absolute Gasteiger partial charge is 0.252 e. The highest BCUT2D eigenvalue weighted by atomic mass is 79.9. The Hall–Kier alpha value is -1.41. The minimum atomic E-state index is -0.972. The summed E-state index contributed by atoms with van der Waals surface area (Å²) in [5.74, 6) is -0.986. The monoisotopic (exact) mass is 284 g/mol. The van der Waals surface area contributed by atoms with Gasteiger partial charge in [0.1, 0.15) is 11.4 Å². The van der Waals surface area contributed by atoms with Crippen LogP contribution in [0.1, 0.15) is 24.2 Å². The van der Waals surface area contributed by atoms with E-state index in [1.165, 1.54) is 12.1 Å². The highest BCUT2D eigenvalue weighted by molar-refractivity contribution is 9.10. The van der Waals surface area contributed by atoms with Gasteiger partial charge in [-0.05, 0) is 48.0 Å². The molecular formula is C11H10BrFN2O. The number of carbonyl (C=O) groups is 1. The third-order valence-corrected chi connectivity index (χ3v) is 2.53. The zero-order valence-electron chi connectivity index (χ0n) is 8.84. The second-order valence-corrected chi connectivity index (χ2v) is 4.67. The molecule has 0 aliphatic carbocycles. The molecule has 0 bridgehead atoms. The third kappa shape index (κ3) is 3.04. The van der Waals surface area contributed by atoms with E-state index in [9.17, 15) is 9.18 Å². The molecule has 1 rings (SSSR count). The van der Waals surface area contributed by atoms with Crippen molar-refractivity contribution in [2.24, 2.45) is 0 Å². The van der Waals surface area contributed by atoms with Crippen LogP contribution in [0.15, 0.2) is 22.7 Å². The quantitative estimate of drug-likeness (QED) is 0.908. The summed E-state index contributed by atoms with van der Waals surface area (Å²) in [5.41, 5.74) is -0.787. The maximum atomic E-state index is 13.2. The van der Waals surface area contributed by atoms with Crippen molar-refractivity contribution in [1.29, 1.82) is 5.26 Å². The Morgan fingerprint density at radius 1 is 1.56 bits per heavy atom. The average molecular weight is 285 g/mol. The molecule has 1 aromatic carbocycles. The van der Waals surface area contributed by atoms with Crippen molar-refractivity contribution in [3.05, 3.63) is 34.1 Å². The van der Waals surface area contributed by atoms with Gasteiger partial charge in [-0.25, -0.2) is 4.39 Å². The molecule has 0 aromatic heterocycles. The van der Waals surface area contributed by atoms with E-state index in [1.54, 1.807) is 13.8 Å². The van der Waals surface area contributed by atoms with Crippen molar-refractivity contribution < 1.29 is 9.18 Å². The van der Waals surface area contributed by atoms with Crippen molar-refractivity contribution in [2.75, 3.05) is 0 Å². The molecular weight excluding hydrogens is 275 g/mol. The largest absolute Gasteiger partial charge is 0.334 e. The van der Waals surface area contributed by atoms with E-state index < -0.39 is 17.3 Å². The molecule has 0 radical (unpaired) electrons. The Kier molecular flexibility index (Phi) is 3.66. The van der Waals surface area contributed by atoms with E-state index >= 15 is 0 Å². The van der Waals surface area contributed by atoms with Crippen LogP contribution in [-0.4, -0.2) is 11.4 Å². The first-order chi connectivity index (χ1) is 7.35. The molecule has 0 unspecified atom stereocenters. The van der Waals surface area contributed by atoms with E-state index in [2.05, 4.69) is 21.2 Å². The highest BCUT2D eigenvalue weighted by Gasteiger charge is 2.20. The fraction of sp³-hybridized carbons (Fsp3) is 0.273. The minimum Gasteiger partial charge on any atom is -0.334 e. The van der Waals surface area contributed by atoms with Gasteiger partial charge in [-0.2, -0.15) is 5.26 Å². The van der Waals surface area contributed by atoms with Crippen molar-refractivity contribution in [1.82, 2.24) is 5.32 Å². The van der Waals surface area contributed by atoms with Gasteiger partial charge in [-0.1, -0.05) is 0 Å². The molecule has 5 heteroatoms. The number of halogens is 2. The summed E-state index contributed by atoms with van der Waals surface area (Å²) in [5, 5.41) is 11.2. The maximum absolute atomic E-state index is 13.2. The predicted molar refractivity (Wildman–Crippen MR) is 61.3 cm³/mol. The zero-order chi connectivity index (χ0) is 12.3. The summed E-state index contributed by atoms with van der Waals surface area (Å²) >= 11 is 2.99. The topological polar surface area (TPSA) is 52.9 Å². The van der Waals surface area contributed by atoms with Gasteiger partial charge in [0.15, 0.2) is 0 Å². The second kappa shape index (κ2) is 4.62. The molecule has 1 aromatic rings. The Balaban J connectivity index is 2.91. The van der Waals surface area contributed by atoms with Crippen LogP contribution in [0.5, 0.6) is 0 Å². The van der Waals surface area contributed by atoms with Crippen LogP contribution < -0.4 is 5.32 Å². The van der Waals surface area contributed by atoms with Crippen LogP contribution in [0.25, 0.3) is 0 Å². The van der Waals surface area contributed by atoms with Gasteiger partial charge in [-0.15, -0.1) is 0 Å². The molecule has 16 heavy (non-hydrogen) atoms. The number of rotatable bonds is 2. The van der Waals surface area contributed by atoms with E-state index in [-0.39, 0.29) is 5.56 Å². The van der Waals surface area contributed by atoms with E-state index in [0.29, 0.717) is 4.47 Å². The number of nitriles is 1. The Morgan fingerprint density at radius 3 is 2.69 bits per heavy atom. The highest BCUT2D eigenvalue weighted by Crippen LogP contribution is 2.16. The number of hydrogen-bond acceptors (Lipinski definition) is 2. The zero-order valence-corrected chi connectivity index (χ0v) is 10.4. The van der Waals surface area contributed by atoms with Crippen LogP contribution >= 0.6 is 15.9 Å². The summed E-state index contributed by atoms with van der Waals surface area (Å²) in [6, 6.07) is 5.98. The lowest BCUT2D eigenvalue weighted by atomic mass is 10.1. The van der Waals surface area contributed by atoms with Gasteiger partial charge in [0.25, 0.3) is 5.91 Å². The first-order valence-corrected chi connectivity index (χ1v) is 5.34. The fourth-order valence-electron chi connectivity index (χ4n) is 1.02. The first-order valence-electron chi connectivity index (χ1n) is 4.54. The van der Waals surface area contributed by atoms with Gasteiger partial charge in [0.05, 0.1) is 10.5 Å². The van der Waals surface area contributed by atoms with Crippen molar-refractivity contribution >= 4 is 21.8 Å². The summed E-state index contributed by atoms with van der Waals surface area (Å²) in [7, 11) is 0. The van der Waals surface area contributed by atoms with Gasteiger partial charge in [-0.3, -0.25) is 4.79 Å². The van der Waals surface area contributed by atoms with Crippen LogP contribution in [0, 0.1) is 17.1 Å². The molecule has 0 aliphatic heterocycles. The van der Waals surface area contributed by atoms with Crippen LogP contribution in [0.2, 0.25) is 0 Å². The van der Waals surface area contributed by atoms with Crippen molar-refractivity contribution in [3.8, 4) is 6.07 Å². The molecule has 1 N–H and O–H groups in total. The molecule has 1 amide bonds. The third-order valence-electron chi connectivity index (χ3n) is 1.89. The fourth-order valence-corrected chi connectivity index (χ4v) is 1.27. The molecule has 0 saturated heterocycles. The second-order valence-electron chi connectivity index (χ2n) is 3.82. The molecule has 0 spiro atoms. The van der Waals surface area contributed by atoms with Gasteiger partial charge in [0.2, 0.25) is 0 Å². The Labute approximate surface area is 101 Å². The van der Waals surface area contributed by atoms with Gasteiger partial charge < -0.3 is 5.32 Å². The summed E-state index contributed by atoms with van der Waals surface area (Å²) in [6.07, 6.45) is 0. The lowest BCUT2D eigenvalue weighted by Crippen LogP contribution is -2.42. The van der Waals surface area contributed by atoms with Gasteiger partial charge >= 0.3 is 0 Å². The van der Waals surface area contributed by atoms with E-state index in [1.807, 2.05) is 6.07 Å². The maximum Gasteiger partial charge on any atom is 0.252 e. The summed E-state index contributed by atoms with van der Waals surface area (Å²) < 4.78 is 13.5. The lowest BCUT2D eigenvalue weighted by Gasteiger charge is -2.17. The van der Waals surface area contributed by atoms with Crippen molar-refractivity contribution in [2.45, 2.75) is 19.4 Å². The summed E-state index contributed by atoms with van der Waals surface area (Å²) in [4.78, 5) is 11.6. The standard InChI is InChI=1S/C11H10BrFN2O/c1-11(2,6-14)15-10(16)7-3-4-8(12)9(13)5-7/h3-5H,1-2H3,(H,15,16). The Bertz CT molecular complexity index is 466. The SMILES string of the molecule is CC(C)(C#N)NC(=O)c1ccc(Br)c(F)c1. The number of carbonyl (C=O) groups excluding carboxylic acids is 1.